The van der Waals surface area contributed by atoms with Crippen molar-refractivity contribution in [2.45, 2.75) is 13.0 Å². The molecule has 1 amide bonds. The number of piperidine rings is 1. The summed E-state index contributed by atoms with van der Waals surface area (Å²) in [5.41, 5.74) is 0.858. The maximum Gasteiger partial charge on any atom is 0.410 e. The molecule has 0 radical (unpaired) electrons. The molecule has 0 bridgehead atoms. The van der Waals surface area contributed by atoms with Crippen LogP contribution in [0.1, 0.15) is 12.0 Å². The highest BCUT2D eigenvalue weighted by molar-refractivity contribution is 5.79. The Hall–Kier alpha value is -2.57. The van der Waals surface area contributed by atoms with Crippen LogP contribution >= 0.6 is 0 Å². The Bertz CT molecular complexity index is 564. The second-order valence-corrected chi connectivity index (χ2v) is 5.62. The third-order valence-corrected chi connectivity index (χ3v) is 3.98. The van der Waals surface area contributed by atoms with E-state index in [1.165, 1.54) is 19.1 Å². The Morgan fingerprint density at radius 3 is 2.04 bits per heavy atom. The van der Waals surface area contributed by atoms with Gasteiger partial charge in [-0.05, 0) is 12.0 Å². The predicted octanol–water partition coefficient (Wildman–Crippen LogP) is 1.61. The number of likely N-dealkylation sites (tertiary alicyclic amines) is 1. The molecule has 0 aromatic heterocycles. The smallest absolute Gasteiger partial charge is 0.410 e. The number of hydrogen-bond donors (Lipinski definition) is 0. The maximum absolute atomic E-state index is 12.3. The highest BCUT2D eigenvalue weighted by atomic mass is 16.6. The van der Waals surface area contributed by atoms with E-state index in [-0.39, 0.29) is 19.7 Å². The Labute approximate surface area is 140 Å². The minimum atomic E-state index is -0.572. The van der Waals surface area contributed by atoms with Gasteiger partial charge in [0.2, 0.25) is 0 Å². The topological polar surface area (TPSA) is 82.1 Å². The minimum absolute atomic E-state index is 0.127. The Balaban J connectivity index is 2.01. The van der Waals surface area contributed by atoms with Crippen molar-refractivity contribution in [3.05, 3.63) is 35.9 Å². The summed E-state index contributed by atoms with van der Waals surface area (Å²) in [5, 5.41) is 0. The number of methoxy groups -OCH3 is 2. The highest BCUT2D eigenvalue weighted by Crippen LogP contribution is 2.24. The zero-order chi connectivity index (χ0) is 17.5. The van der Waals surface area contributed by atoms with Gasteiger partial charge in [-0.15, -0.1) is 0 Å². The summed E-state index contributed by atoms with van der Waals surface area (Å²) in [6, 6.07) is 9.27. The largest absolute Gasteiger partial charge is 0.469 e. The third-order valence-electron chi connectivity index (χ3n) is 3.98. The average molecular weight is 335 g/mol. The summed E-state index contributed by atoms with van der Waals surface area (Å²) in [7, 11) is 2.56. The van der Waals surface area contributed by atoms with Crippen LogP contribution in [0.4, 0.5) is 4.79 Å². The summed E-state index contributed by atoms with van der Waals surface area (Å²) < 4.78 is 14.8. The lowest BCUT2D eigenvalue weighted by molar-refractivity contribution is -0.153. The lowest BCUT2D eigenvalue weighted by Crippen LogP contribution is -2.48. The molecule has 2 atom stereocenters. The minimum Gasteiger partial charge on any atom is -0.469 e. The SMILES string of the molecule is COC(=O)C1CC(C(=O)OC)CN(C(=O)OCc2ccccc2)C1. The maximum atomic E-state index is 12.3. The van der Waals surface area contributed by atoms with Crippen LogP contribution in [-0.4, -0.2) is 50.2 Å². The van der Waals surface area contributed by atoms with Gasteiger partial charge in [0.05, 0.1) is 26.1 Å². The Morgan fingerprint density at radius 2 is 1.54 bits per heavy atom. The van der Waals surface area contributed by atoms with Crippen LogP contribution in [-0.2, 0) is 30.4 Å². The Morgan fingerprint density at radius 1 is 1.00 bits per heavy atom. The van der Waals surface area contributed by atoms with Gasteiger partial charge in [-0.25, -0.2) is 4.79 Å². The quantitative estimate of drug-likeness (QED) is 0.614. The van der Waals surface area contributed by atoms with Crippen molar-refractivity contribution in [3.8, 4) is 0 Å². The predicted molar refractivity (Wildman–Crippen MR) is 83.8 cm³/mol. The van der Waals surface area contributed by atoms with E-state index in [0.717, 1.165) is 5.56 Å². The first-order valence-corrected chi connectivity index (χ1v) is 7.66. The molecule has 0 aliphatic carbocycles. The van der Waals surface area contributed by atoms with Gasteiger partial charge in [-0.1, -0.05) is 30.3 Å². The number of benzene rings is 1. The summed E-state index contributed by atoms with van der Waals surface area (Å²) >= 11 is 0. The van der Waals surface area contributed by atoms with Crippen molar-refractivity contribution in [3.63, 3.8) is 0 Å². The van der Waals surface area contributed by atoms with Crippen LogP contribution < -0.4 is 0 Å². The van der Waals surface area contributed by atoms with Crippen LogP contribution in [0.25, 0.3) is 0 Å². The van der Waals surface area contributed by atoms with E-state index < -0.39 is 29.9 Å². The number of amides is 1. The highest BCUT2D eigenvalue weighted by Gasteiger charge is 2.38. The van der Waals surface area contributed by atoms with Crippen LogP contribution in [0.3, 0.4) is 0 Å². The molecule has 1 heterocycles. The first-order chi connectivity index (χ1) is 11.5. The van der Waals surface area contributed by atoms with E-state index in [4.69, 9.17) is 14.2 Å². The monoisotopic (exact) mass is 335 g/mol. The molecule has 2 rings (SSSR count). The lowest BCUT2D eigenvalue weighted by atomic mass is 9.89. The zero-order valence-corrected chi connectivity index (χ0v) is 13.8. The molecule has 1 aliphatic rings. The molecule has 0 spiro atoms. The molecule has 1 saturated heterocycles. The number of rotatable bonds is 4. The second kappa shape index (κ2) is 8.33. The molecule has 0 saturated carbocycles. The molecule has 130 valence electrons. The van der Waals surface area contributed by atoms with Gasteiger partial charge in [-0.3, -0.25) is 9.59 Å². The van der Waals surface area contributed by atoms with E-state index in [1.54, 1.807) is 0 Å². The molecule has 1 aromatic rings. The first-order valence-electron chi connectivity index (χ1n) is 7.66. The van der Waals surface area contributed by atoms with Gasteiger partial charge in [-0.2, -0.15) is 0 Å². The van der Waals surface area contributed by atoms with Crippen molar-refractivity contribution in [2.75, 3.05) is 27.3 Å². The molecular formula is C17H21NO6. The molecule has 1 aromatic carbocycles. The zero-order valence-electron chi connectivity index (χ0n) is 13.8. The van der Waals surface area contributed by atoms with E-state index in [1.807, 2.05) is 30.3 Å². The van der Waals surface area contributed by atoms with Gasteiger partial charge in [0, 0.05) is 13.1 Å². The molecule has 1 aliphatic heterocycles. The van der Waals surface area contributed by atoms with Crippen molar-refractivity contribution >= 4 is 18.0 Å². The van der Waals surface area contributed by atoms with Crippen molar-refractivity contribution in [2.24, 2.45) is 11.8 Å². The third kappa shape index (κ3) is 4.47. The van der Waals surface area contributed by atoms with E-state index in [9.17, 15) is 14.4 Å². The van der Waals surface area contributed by atoms with Gasteiger partial charge < -0.3 is 19.1 Å². The standard InChI is InChI=1S/C17H21NO6/c1-22-15(19)13-8-14(16(20)23-2)10-18(9-13)17(21)24-11-12-6-4-3-5-7-12/h3-7,13-14H,8-11H2,1-2H3. The normalized spacial score (nSPS) is 20.2. The fourth-order valence-electron chi connectivity index (χ4n) is 2.73. The number of hydrogen-bond acceptors (Lipinski definition) is 6. The van der Waals surface area contributed by atoms with Crippen molar-refractivity contribution in [1.82, 2.24) is 4.90 Å². The van der Waals surface area contributed by atoms with E-state index in [0.29, 0.717) is 6.42 Å². The van der Waals surface area contributed by atoms with Gasteiger partial charge in [0.25, 0.3) is 0 Å². The number of esters is 2. The van der Waals surface area contributed by atoms with Gasteiger partial charge in [0.1, 0.15) is 6.61 Å². The van der Waals surface area contributed by atoms with Crippen LogP contribution in [0.2, 0.25) is 0 Å². The van der Waals surface area contributed by atoms with E-state index >= 15 is 0 Å². The first kappa shape index (κ1) is 17.8. The fraction of sp³-hybridized carbons (Fsp3) is 0.471. The van der Waals surface area contributed by atoms with Crippen LogP contribution in [0.15, 0.2) is 30.3 Å². The summed E-state index contributed by atoms with van der Waals surface area (Å²) in [6.45, 7) is 0.448. The van der Waals surface area contributed by atoms with Crippen LogP contribution in [0, 0.1) is 11.8 Å². The second-order valence-electron chi connectivity index (χ2n) is 5.62. The Kier molecular flexibility index (Phi) is 6.17. The van der Waals surface area contributed by atoms with Crippen LogP contribution in [0.5, 0.6) is 0 Å². The summed E-state index contributed by atoms with van der Waals surface area (Å²) in [6.07, 6.45) is -0.275. The summed E-state index contributed by atoms with van der Waals surface area (Å²) in [4.78, 5) is 37.3. The van der Waals surface area contributed by atoms with Gasteiger partial charge in [0.15, 0.2) is 0 Å². The average Bonchev–Trinajstić information content (AvgIpc) is 2.65. The molecule has 1 fully saturated rings. The molecular weight excluding hydrogens is 314 g/mol. The van der Waals surface area contributed by atoms with Crippen molar-refractivity contribution in [1.29, 1.82) is 0 Å². The number of carbonyl (C=O) groups excluding carboxylic acids is 3. The summed E-state index contributed by atoms with van der Waals surface area (Å²) in [5.74, 6) is -2.05. The van der Waals surface area contributed by atoms with Gasteiger partial charge >= 0.3 is 18.0 Å². The molecule has 2 unspecified atom stereocenters. The van der Waals surface area contributed by atoms with Crippen molar-refractivity contribution < 1.29 is 28.6 Å². The fourth-order valence-corrected chi connectivity index (χ4v) is 2.73. The molecule has 0 N–H and O–H groups in total. The molecule has 7 nitrogen and oxygen atoms in total. The number of carbonyl (C=O) groups is 3. The lowest BCUT2D eigenvalue weighted by Gasteiger charge is -2.34. The number of ether oxygens (including phenoxy) is 3. The number of nitrogens with zero attached hydrogens (tertiary/aromatic N) is 1. The van der Waals surface area contributed by atoms with E-state index in [2.05, 4.69) is 0 Å². The molecule has 7 heteroatoms. The molecule has 24 heavy (non-hydrogen) atoms.